The van der Waals surface area contributed by atoms with Gasteiger partial charge in [0.15, 0.2) is 5.13 Å². The number of thiazole rings is 1. The fourth-order valence-electron chi connectivity index (χ4n) is 5.18. The quantitative estimate of drug-likeness (QED) is 0.483. The summed E-state index contributed by atoms with van der Waals surface area (Å²) in [6.45, 7) is 6.07. The van der Waals surface area contributed by atoms with E-state index in [-0.39, 0.29) is 12.1 Å². The minimum Gasteiger partial charge on any atom is -0.393 e. The highest BCUT2D eigenvalue weighted by molar-refractivity contribution is 7.89. The predicted molar refractivity (Wildman–Crippen MR) is 135 cm³/mol. The summed E-state index contributed by atoms with van der Waals surface area (Å²) in [6, 6.07) is 5.91. The van der Waals surface area contributed by atoms with Crippen molar-refractivity contribution < 1.29 is 13.5 Å². The van der Waals surface area contributed by atoms with E-state index in [0.717, 1.165) is 26.8 Å². The molecule has 0 unspecified atom stereocenters. The first kappa shape index (κ1) is 24.6. The van der Waals surface area contributed by atoms with Crippen LogP contribution in [0.1, 0.15) is 76.0 Å². The maximum Gasteiger partial charge on any atom is 0.241 e. The molecule has 0 radical (unpaired) electrons. The van der Waals surface area contributed by atoms with Crippen molar-refractivity contribution >= 4 is 26.5 Å². The second-order valence-electron chi connectivity index (χ2n) is 9.87. The first-order chi connectivity index (χ1) is 15.7. The Hall–Kier alpha value is -1.48. The Balaban J connectivity index is 1.52. The molecule has 6 nitrogen and oxygen atoms in total. The Morgan fingerprint density at radius 3 is 2.45 bits per heavy atom. The molecule has 182 valence electrons. The molecule has 1 aromatic heterocycles. The van der Waals surface area contributed by atoms with Gasteiger partial charge in [-0.25, -0.2) is 18.1 Å². The third-order valence-corrected chi connectivity index (χ3v) is 10.1. The number of hydrogen-bond acceptors (Lipinski definition) is 6. The van der Waals surface area contributed by atoms with Gasteiger partial charge in [-0.3, -0.25) is 0 Å². The molecule has 3 N–H and O–H groups in total. The van der Waals surface area contributed by atoms with Crippen molar-refractivity contribution in [2.75, 3.05) is 5.32 Å². The minimum atomic E-state index is -3.64. The van der Waals surface area contributed by atoms with Gasteiger partial charge in [0.2, 0.25) is 10.0 Å². The summed E-state index contributed by atoms with van der Waals surface area (Å²) < 4.78 is 29.3. The monoisotopic (exact) mass is 491 g/mol. The first-order valence-corrected chi connectivity index (χ1v) is 14.6. The second-order valence-corrected chi connectivity index (χ2v) is 12.6. The average molecular weight is 492 g/mol. The molecule has 4 rings (SSSR count). The highest BCUT2D eigenvalue weighted by Crippen LogP contribution is 2.36. The number of hydrogen-bond donors (Lipinski definition) is 3. The number of sulfonamides is 1. The molecule has 1 atom stereocenters. The highest BCUT2D eigenvalue weighted by Gasteiger charge is 2.27. The number of rotatable bonds is 7. The molecule has 2 aliphatic rings. The number of aliphatic hydroxyl groups is 1. The molecule has 0 amide bonds. The lowest BCUT2D eigenvalue weighted by atomic mass is 9.85. The van der Waals surface area contributed by atoms with Crippen molar-refractivity contribution in [3.63, 3.8) is 0 Å². The normalized spacial score (nSPS) is 23.4. The minimum absolute atomic E-state index is 0.122. The smallest absolute Gasteiger partial charge is 0.241 e. The molecule has 2 fully saturated rings. The zero-order chi connectivity index (χ0) is 23.6. The van der Waals surface area contributed by atoms with Gasteiger partial charge in [-0.2, -0.15) is 0 Å². The molecular weight excluding hydrogens is 454 g/mol. The molecule has 2 aliphatic carbocycles. The standard InChI is InChI=1S/C25H37N3O3S2/c1-16-9-10-20(15-23(16)33(30,31)28-21-11-13-22(29)14-12-21)24-18(3)27-25(32-24)26-17(2)19-7-5-4-6-8-19/h9-10,15,17,19,21-22,28-29H,4-8,11-14H2,1-3H3,(H,26,27)/t17-,21?,22?/m0/s1. The summed E-state index contributed by atoms with van der Waals surface area (Å²) in [7, 11) is -3.64. The molecule has 1 heterocycles. The third kappa shape index (κ3) is 5.96. The number of nitrogens with one attached hydrogen (secondary N) is 2. The van der Waals surface area contributed by atoms with Crippen LogP contribution in [-0.4, -0.2) is 36.7 Å². The van der Waals surface area contributed by atoms with Crippen LogP contribution >= 0.6 is 11.3 Å². The Morgan fingerprint density at radius 2 is 1.76 bits per heavy atom. The lowest BCUT2D eigenvalue weighted by Gasteiger charge is -2.28. The molecule has 0 bridgehead atoms. The van der Waals surface area contributed by atoms with E-state index in [1.54, 1.807) is 17.4 Å². The summed E-state index contributed by atoms with van der Waals surface area (Å²) in [5.74, 6) is 0.689. The zero-order valence-corrected chi connectivity index (χ0v) is 21.6. The van der Waals surface area contributed by atoms with Crippen molar-refractivity contribution in [2.45, 2.75) is 102 Å². The van der Waals surface area contributed by atoms with E-state index >= 15 is 0 Å². The van der Waals surface area contributed by atoms with E-state index in [1.807, 2.05) is 26.0 Å². The van der Waals surface area contributed by atoms with Crippen molar-refractivity contribution in [3.05, 3.63) is 29.5 Å². The fourth-order valence-corrected chi connectivity index (χ4v) is 7.81. The molecule has 0 spiro atoms. The van der Waals surface area contributed by atoms with E-state index < -0.39 is 10.0 Å². The highest BCUT2D eigenvalue weighted by atomic mass is 32.2. The van der Waals surface area contributed by atoms with Gasteiger partial charge in [0.05, 0.1) is 21.6 Å². The van der Waals surface area contributed by atoms with Crippen LogP contribution in [0.15, 0.2) is 23.1 Å². The Bertz CT molecular complexity index is 1050. The summed E-state index contributed by atoms with van der Waals surface area (Å²) in [5.41, 5.74) is 2.53. The Kier molecular flexibility index (Phi) is 7.78. The molecule has 33 heavy (non-hydrogen) atoms. The maximum atomic E-state index is 13.2. The van der Waals surface area contributed by atoms with E-state index in [4.69, 9.17) is 4.98 Å². The van der Waals surface area contributed by atoms with Crippen LogP contribution in [-0.2, 0) is 10.0 Å². The van der Waals surface area contributed by atoms with Crippen molar-refractivity contribution in [1.29, 1.82) is 0 Å². The number of anilines is 1. The number of aryl methyl sites for hydroxylation is 2. The number of aromatic nitrogens is 1. The third-order valence-electron chi connectivity index (χ3n) is 7.26. The molecule has 2 aromatic rings. The zero-order valence-electron chi connectivity index (χ0n) is 19.9. The largest absolute Gasteiger partial charge is 0.393 e. The molecule has 0 aliphatic heterocycles. The van der Waals surface area contributed by atoms with Gasteiger partial charge in [-0.15, -0.1) is 0 Å². The predicted octanol–water partition coefficient (Wildman–Crippen LogP) is 5.39. The summed E-state index contributed by atoms with van der Waals surface area (Å²) in [4.78, 5) is 6.08. The van der Waals surface area contributed by atoms with Crippen molar-refractivity contribution in [3.8, 4) is 10.4 Å². The number of benzene rings is 1. The van der Waals surface area contributed by atoms with Crippen LogP contribution in [0, 0.1) is 19.8 Å². The summed E-state index contributed by atoms with van der Waals surface area (Å²) >= 11 is 1.60. The van der Waals surface area contributed by atoms with Gasteiger partial charge in [-0.1, -0.05) is 42.7 Å². The van der Waals surface area contributed by atoms with Crippen LogP contribution < -0.4 is 10.0 Å². The van der Waals surface area contributed by atoms with E-state index in [0.29, 0.717) is 42.5 Å². The van der Waals surface area contributed by atoms with Gasteiger partial charge in [0, 0.05) is 12.1 Å². The van der Waals surface area contributed by atoms with Gasteiger partial charge in [0.1, 0.15) is 0 Å². The van der Waals surface area contributed by atoms with E-state index in [9.17, 15) is 13.5 Å². The van der Waals surface area contributed by atoms with E-state index in [1.165, 1.54) is 32.1 Å². The van der Waals surface area contributed by atoms with Gasteiger partial charge >= 0.3 is 0 Å². The van der Waals surface area contributed by atoms with Crippen LogP contribution in [0.5, 0.6) is 0 Å². The average Bonchev–Trinajstić information content (AvgIpc) is 3.16. The van der Waals surface area contributed by atoms with Crippen molar-refractivity contribution in [2.24, 2.45) is 5.92 Å². The Morgan fingerprint density at radius 1 is 1.06 bits per heavy atom. The lowest BCUT2D eigenvalue weighted by Crippen LogP contribution is -2.38. The first-order valence-electron chi connectivity index (χ1n) is 12.3. The van der Waals surface area contributed by atoms with E-state index in [2.05, 4.69) is 17.0 Å². The summed E-state index contributed by atoms with van der Waals surface area (Å²) in [5, 5.41) is 14.2. The van der Waals surface area contributed by atoms with Crippen LogP contribution in [0.3, 0.4) is 0 Å². The van der Waals surface area contributed by atoms with Crippen LogP contribution in [0.25, 0.3) is 10.4 Å². The van der Waals surface area contributed by atoms with Gasteiger partial charge < -0.3 is 10.4 Å². The van der Waals surface area contributed by atoms with Crippen LogP contribution in [0.2, 0.25) is 0 Å². The number of nitrogens with zero attached hydrogens (tertiary/aromatic N) is 1. The topological polar surface area (TPSA) is 91.3 Å². The lowest BCUT2D eigenvalue weighted by molar-refractivity contribution is 0.120. The van der Waals surface area contributed by atoms with Crippen LogP contribution in [0.4, 0.5) is 5.13 Å². The Labute approximate surface area is 202 Å². The van der Waals surface area contributed by atoms with Gasteiger partial charge in [0.25, 0.3) is 0 Å². The molecule has 8 heteroatoms. The molecular formula is C25H37N3O3S2. The van der Waals surface area contributed by atoms with Gasteiger partial charge in [-0.05, 0) is 82.4 Å². The van der Waals surface area contributed by atoms with Crippen molar-refractivity contribution in [1.82, 2.24) is 9.71 Å². The molecule has 1 aromatic carbocycles. The fraction of sp³-hybridized carbons (Fsp3) is 0.640. The molecule has 0 saturated heterocycles. The summed E-state index contributed by atoms with van der Waals surface area (Å²) in [6.07, 6.45) is 8.83. The molecule has 2 saturated carbocycles. The SMILES string of the molecule is Cc1ccc(-c2sc(N[C@@H](C)C3CCCCC3)nc2C)cc1S(=O)(=O)NC1CCC(O)CC1. The maximum absolute atomic E-state index is 13.2. The second kappa shape index (κ2) is 10.4. The number of aliphatic hydroxyl groups excluding tert-OH is 1.